The molecule has 0 radical (unpaired) electrons. The van der Waals surface area contributed by atoms with Gasteiger partial charge in [-0.2, -0.15) is 0 Å². The van der Waals surface area contributed by atoms with Crippen LogP contribution in [0, 0.1) is 0 Å². The molecule has 0 aliphatic heterocycles. The summed E-state index contributed by atoms with van der Waals surface area (Å²) in [5, 5.41) is 11.5. The van der Waals surface area contributed by atoms with E-state index in [0.717, 1.165) is 5.69 Å². The Labute approximate surface area is 169 Å². The number of fused-ring (bicyclic) bond motifs is 1. The van der Waals surface area contributed by atoms with Gasteiger partial charge in [-0.15, -0.1) is 0 Å². The second-order valence-corrected chi connectivity index (χ2v) is 6.90. The standard InChI is InChI=1S/C22H25N3O4/c1-6-25(14-10-12-15(29-5)13-11-14)22(28)19-20(26)18-16(23(2)3)8-7-9-17(18)24(4)21(19)27/h7-13,26H,6H2,1-5H3. The van der Waals surface area contributed by atoms with E-state index >= 15 is 0 Å². The Morgan fingerprint density at radius 1 is 1.14 bits per heavy atom. The van der Waals surface area contributed by atoms with Gasteiger partial charge in [0, 0.05) is 39.1 Å². The molecular weight excluding hydrogens is 370 g/mol. The van der Waals surface area contributed by atoms with Gasteiger partial charge in [-0.3, -0.25) is 9.59 Å². The quantitative estimate of drug-likeness (QED) is 0.719. The smallest absolute Gasteiger partial charge is 0.267 e. The lowest BCUT2D eigenvalue weighted by Gasteiger charge is -2.23. The van der Waals surface area contributed by atoms with Crippen molar-refractivity contribution in [2.75, 3.05) is 37.5 Å². The van der Waals surface area contributed by atoms with Crippen LogP contribution in [0.15, 0.2) is 47.3 Å². The highest BCUT2D eigenvalue weighted by atomic mass is 16.5. The molecule has 0 saturated carbocycles. The molecule has 0 saturated heterocycles. The average molecular weight is 395 g/mol. The molecule has 7 heteroatoms. The number of carbonyl (C=O) groups excluding carboxylic acids is 1. The molecular formula is C22H25N3O4. The maximum Gasteiger partial charge on any atom is 0.267 e. The number of ether oxygens (including phenoxy) is 1. The molecule has 29 heavy (non-hydrogen) atoms. The number of anilines is 2. The van der Waals surface area contributed by atoms with Gasteiger partial charge in [0.1, 0.15) is 17.1 Å². The van der Waals surface area contributed by atoms with Gasteiger partial charge in [0.25, 0.3) is 11.5 Å². The van der Waals surface area contributed by atoms with Crippen molar-refractivity contribution in [2.45, 2.75) is 6.92 Å². The number of benzene rings is 2. The molecule has 0 bridgehead atoms. The van der Waals surface area contributed by atoms with Gasteiger partial charge >= 0.3 is 0 Å². The molecule has 0 aliphatic carbocycles. The Bertz CT molecular complexity index is 1120. The predicted molar refractivity (Wildman–Crippen MR) is 116 cm³/mol. The molecule has 1 amide bonds. The number of aryl methyl sites for hydroxylation is 1. The summed E-state index contributed by atoms with van der Waals surface area (Å²) in [7, 11) is 6.86. The summed E-state index contributed by atoms with van der Waals surface area (Å²) in [6.45, 7) is 2.15. The van der Waals surface area contributed by atoms with Gasteiger partial charge < -0.3 is 24.2 Å². The highest BCUT2D eigenvalue weighted by Gasteiger charge is 2.27. The summed E-state index contributed by atoms with van der Waals surface area (Å²) in [5.74, 6) is -0.187. The number of aromatic nitrogens is 1. The first-order valence-corrected chi connectivity index (χ1v) is 9.29. The highest BCUT2D eigenvalue weighted by Crippen LogP contribution is 2.35. The number of carbonyl (C=O) groups is 1. The van der Waals surface area contributed by atoms with Crippen molar-refractivity contribution in [3.63, 3.8) is 0 Å². The summed E-state index contributed by atoms with van der Waals surface area (Å²) in [6, 6.07) is 12.4. The number of pyridine rings is 1. The molecule has 1 heterocycles. The van der Waals surface area contributed by atoms with Gasteiger partial charge in [0.15, 0.2) is 0 Å². The van der Waals surface area contributed by atoms with Crippen LogP contribution < -0.4 is 20.1 Å². The van der Waals surface area contributed by atoms with E-state index < -0.39 is 11.5 Å². The van der Waals surface area contributed by atoms with Crippen LogP contribution in [0.4, 0.5) is 11.4 Å². The van der Waals surface area contributed by atoms with Crippen molar-refractivity contribution < 1.29 is 14.6 Å². The first-order chi connectivity index (χ1) is 13.8. The van der Waals surface area contributed by atoms with Crippen molar-refractivity contribution in [1.29, 1.82) is 0 Å². The summed E-state index contributed by atoms with van der Waals surface area (Å²) >= 11 is 0. The van der Waals surface area contributed by atoms with Crippen LogP contribution in [-0.2, 0) is 7.05 Å². The second-order valence-electron chi connectivity index (χ2n) is 6.90. The molecule has 1 aromatic heterocycles. The minimum absolute atomic E-state index is 0.244. The van der Waals surface area contributed by atoms with Crippen LogP contribution in [0.5, 0.6) is 11.5 Å². The normalized spacial score (nSPS) is 10.8. The first-order valence-electron chi connectivity index (χ1n) is 9.29. The van der Waals surface area contributed by atoms with Crippen molar-refractivity contribution >= 4 is 28.2 Å². The van der Waals surface area contributed by atoms with E-state index in [9.17, 15) is 14.7 Å². The maximum absolute atomic E-state index is 13.4. The largest absolute Gasteiger partial charge is 0.506 e. The fourth-order valence-electron chi connectivity index (χ4n) is 3.46. The summed E-state index contributed by atoms with van der Waals surface area (Å²) in [5.41, 5.74) is 1.11. The Hall–Kier alpha value is -3.48. The average Bonchev–Trinajstić information content (AvgIpc) is 2.72. The number of rotatable bonds is 5. The number of amides is 1. The molecule has 3 aromatic rings. The maximum atomic E-state index is 13.4. The lowest BCUT2D eigenvalue weighted by molar-refractivity contribution is 0.0984. The van der Waals surface area contributed by atoms with E-state index in [1.807, 2.05) is 38.1 Å². The topological polar surface area (TPSA) is 75.0 Å². The number of hydrogen-bond acceptors (Lipinski definition) is 5. The van der Waals surface area contributed by atoms with E-state index in [2.05, 4.69) is 0 Å². The van der Waals surface area contributed by atoms with Crippen LogP contribution in [-0.4, -0.2) is 43.3 Å². The number of nitrogens with zero attached hydrogens (tertiary/aromatic N) is 3. The Morgan fingerprint density at radius 2 is 1.79 bits per heavy atom. The van der Waals surface area contributed by atoms with Crippen LogP contribution in [0.2, 0.25) is 0 Å². The molecule has 0 fully saturated rings. The molecule has 152 valence electrons. The van der Waals surface area contributed by atoms with E-state index in [4.69, 9.17) is 4.74 Å². The third-order valence-electron chi connectivity index (χ3n) is 5.02. The summed E-state index contributed by atoms with van der Waals surface area (Å²) < 4.78 is 6.56. The molecule has 3 rings (SSSR count). The van der Waals surface area contributed by atoms with Gasteiger partial charge in [-0.25, -0.2) is 0 Å². The first kappa shape index (κ1) is 20.3. The SMILES string of the molecule is CCN(C(=O)c1c(O)c2c(N(C)C)cccc2n(C)c1=O)c1ccc(OC)cc1. The van der Waals surface area contributed by atoms with Crippen molar-refractivity contribution in [3.8, 4) is 11.5 Å². The van der Waals surface area contributed by atoms with Crippen LogP contribution in [0.3, 0.4) is 0 Å². The van der Waals surface area contributed by atoms with E-state index in [-0.39, 0.29) is 11.3 Å². The van der Waals surface area contributed by atoms with Gasteiger partial charge in [0.05, 0.1) is 18.0 Å². The fourth-order valence-corrected chi connectivity index (χ4v) is 3.46. The lowest BCUT2D eigenvalue weighted by Crippen LogP contribution is -2.36. The molecule has 0 aliphatic rings. The van der Waals surface area contributed by atoms with Gasteiger partial charge in [-0.1, -0.05) is 6.07 Å². The third kappa shape index (κ3) is 3.40. The minimum atomic E-state index is -0.550. The number of aromatic hydroxyl groups is 1. The lowest BCUT2D eigenvalue weighted by atomic mass is 10.1. The van der Waals surface area contributed by atoms with Crippen LogP contribution in [0.25, 0.3) is 10.9 Å². The molecule has 2 aromatic carbocycles. The zero-order valence-corrected chi connectivity index (χ0v) is 17.3. The zero-order valence-electron chi connectivity index (χ0n) is 17.3. The van der Waals surface area contributed by atoms with Gasteiger partial charge in [-0.05, 0) is 43.3 Å². The van der Waals surface area contributed by atoms with Crippen molar-refractivity contribution in [3.05, 3.63) is 58.4 Å². The summed E-state index contributed by atoms with van der Waals surface area (Å²) in [6.07, 6.45) is 0. The third-order valence-corrected chi connectivity index (χ3v) is 5.02. The Balaban J connectivity index is 2.23. The zero-order chi connectivity index (χ0) is 21.3. The minimum Gasteiger partial charge on any atom is -0.506 e. The van der Waals surface area contributed by atoms with Crippen LogP contribution >= 0.6 is 0 Å². The fraction of sp³-hybridized carbons (Fsp3) is 0.273. The predicted octanol–water partition coefficient (Wildman–Crippen LogP) is 2.99. The summed E-state index contributed by atoms with van der Waals surface area (Å²) in [4.78, 5) is 29.7. The Kier molecular flexibility index (Phi) is 5.50. The molecule has 1 N–H and O–H groups in total. The van der Waals surface area contributed by atoms with Crippen LogP contribution in [0.1, 0.15) is 17.3 Å². The second kappa shape index (κ2) is 7.87. The molecule has 0 spiro atoms. The van der Waals surface area contributed by atoms with E-state index in [1.54, 1.807) is 44.5 Å². The monoisotopic (exact) mass is 395 g/mol. The van der Waals surface area contributed by atoms with E-state index in [0.29, 0.717) is 28.9 Å². The van der Waals surface area contributed by atoms with E-state index in [1.165, 1.54) is 9.47 Å². The van der Waals surface area contributed by atoms with Crippen molar-refractivity contribution in [2.24, 2.45) is 7.05 Å². The molecule has 0 unspecified atom stereocenters. The highest BCUT2D eigenvalue weighted by molar-refractivity contribution is 6.12. The molecule has 7 nitrogen and oxygen atoms in total. The number of methoxy groups -OCH3 is 1. The van der Waals surface area contributed by atoms with Crippen molar-refractivity contribution in [1.82, 2.24) is 4.57 Å². The molecule has 0 atom stereocenters. The van der Waals surface area contributed by atoms with Gasteiger partial charge in [0.2, 0.25) is 0 Å². The number of hydrogen-bond donors (Lipinski definition) is 1. The Morgan fingerprint density at radius 3 is 2.34 bits per heavy atom.